The lowest BCUT2D eigenvalue weighted by Crippen LogP contribution is -2.51. The van der Waals surface area contributed by atoms with Crippen LogP contribution in [0.25, 0.3) is 0 Å². The molecule has 0 radical (unpaired) electrons. The minimum Gasteiger partial charge on any atom is -0.479 e. The average molecular weight is 190 g/mol. The fourth-order valence-corrected chi connectivity index (χ4v) is 1.38. The number of hydrogen-bond acceptors (Lipinski definition) is 3. The molecule has 13 heavy (non-hydrogen) atoms. The van der Waals surface area contributed by atoms with Gasteiger partial charge in [0.25, 0.3) is 0 Å². The first kappa shape index (κ1) is 12.4. The SMILES string of the molecule is CCOC(CC)(C(=O)O)C(O)CC. The molecule has 0 aliphatic rings. The molecule has 4 heteroatoms. The Bertz CT molecular complexity index is 169. The van der Waals surface area contributed by atoms with Crippen molar-refractivity contribution >= 4 is 5.97 Å². The van der Waals surface area contributed by atoms with Crippen LogP contribution in [0.4, 0.5) is 0 Å². The van der Waals surface area contributed by atoms with E-state index in [0.717, 1.165) is 0 Å². The Morgan fingerprint density at radius 3 is 2.23 bits per heavy atom. The number of carbonyl (C=O) groups is 1. The van der Waals surface area contributed by atoms with Gasteiger partial charge in [0, 0.05) is 6.61 Å². The Balaban J connectivity index is 4.74. The molecular formula is C9H18O4. The molecule has 2 unspecified atom stereocenters. The molecule has 0 bridgehead atoms. The lowest BCUT2D eigenvalue weighted by Gasteiger charge is -2.32. The minimum atomic E-state index is -1.43. The number of carboxylic acids is 1. The van der Waals surface area contributed by atoms with Crippen molar-refractivity contribution in [1.82, 2.24) is 0 Å². The molecule has 0 fully saturated rings. The second-order valence-corrected chi connectivity index (χ2v) is 2.91. The third-order valence-electron chi connectivity index (χ3n) is 2.21. The quantitative estimate of drug-likeness (QED) is 0.656. The normalized spacial score (nSPS) is 17.8. The maximum Gasteiger partial charge on any atom is 0.338 e. The minimum absolute atomic E-state index is 0.269. The van der Waals surface area contributed by atoms with Gasteiger partial charge in [-0.2, -0.15) is 0 Å². The average Bonchev–Trinajstić information content (AvgIpc) is 2.12. The van der Waals surface area contributed by atoms with Crippen molar-refractivity contribution in [2.45, 2.75) is 45.3 Å². The molecular weight excluding hydrogens is 172 g/mol. The van der Waals surface area contributed by atoms with Crippen LogP contribution < -0.4 is 0 Å². The largest absolute Gasteiger partial charge is 0.479 e. The van der Waals surface area contributed by atoms with Crippen LogP contribution in [0.3, 0.4) is 0 Å². The van der Waals surface area contributed by atoms with Crippen molar-refractivity contribution in [3.8, 4) is 0 Å². The topological polar surface area (TPSA) is 66.8 Å². The predicted octanol–water partition coefficient (Wildman–Crippen LogP) is 1.03. The first-order valence-electron chi connectivity index (χ1n) is 4.60. The standard InChI is InChI=1S/C9H18O4/c1-4-7(10)9(5-2,8(11)12)13-6-3/h7,10H,4-6H2,1-3H3,(H,11,12). The van der Waals surface area contributed by atoms with Gasteiger partial charge in [-0.25, -0.2) is 4.79 Å². The molecule has 0 amide bonds. The second kappa shape index (κ2) is 5.19. The van der Waals surface area contributed by atoms with Crippen LogP contribution >= 0.6 is 0 Å². The highest BCUT2D eigenvalue weighted by atomic mass is 16.5. The Hall–Kier alpha value is -0.610. The van der Waals surface area contributed by atoms with E-state index in [-0.39, 0.29) is 13.0 Å². The van der Waals surface area contributed by atoms with Crippen molar-refractivity contribution in [1.29, 1.82) is 0 Å². The van der Waals surface area contributed by atoms with E-state index >= 15 is 0 Å². The molecule has 0 spiro atoms. The molecule has 0 rings (SSSR count). The molecule has 0 saturated heterocycles. The number of ether oxygens (including phenoxy) is 1. The molecule has 2 N–H and O–H groups in total. The summed E-state index contributed by atoms with van der Waals surface area (Å²) in [5.74, 6) is -1.09. The lowest BCUT2D eigenvalue weighted by atomic mass is 9.91. The third-order valence-corrected chi connectivity index (χ3v) is 2.21. The number of carboxylic acid groups (broad SMARTS) is 1. The summed E-state index contributed by atoms with van der Waals surface area (Å²) in [7, 11) is 0. The van der Waals surface area contributed by atoms with E-state index in [1.54, 1.807) is 20.8 Å². The predicted molar refractivity (Wildman–Crippen MR) is 48.6 cm³/mol. The zero-order valence-electron chi connectivity index (χ0n) is 8.41. The van der Waals surface area contributed by atoms with Crippen LogP contribution in [-0.2, 0) is 9.53 Å². The Morgan fingerprint density at radius 2 is 2.00 bits per heavy atom. The van der Waals surface area contributed by atoms with Crippen LogP contribution in [0.2, 0.25) is 0 Å². The Morgan fingerprint density at radius 1 is 1.46 bits per heavy atom. The summed E-state index contributed by atoms with van der Waals surface area (Å²) < 4.78 is 5.14. The molecule has 78 valence electrons. The molecule has 0 saturated carbocycles. The van der Waals surface area contributed by atoms with Gasteiger partial charge in [0.1, 0.15) is 0 Å². The summed E-state index contributed by atoms with van der Waals surface area (Å²) in [4.78, 5) is 11.0. The van der Waals surface area contributed by atoms with Gasteiger partial charge < -0.3 is 14.9 Å². The summed E-state index contributed by atoms with van der Waals surface area (Å²) in [6, 6.07) is 0. The van der Waals surface area contributed by atoms with Crippen molar-refractivity contribution in [2.24, 2.45) is 0 Å². The van der Waals surface area contributed by atoms with Crippen LogP contribution in [-0.4, -0.2) is 34.5 Å². The summed E-state index contributed by atoms with van der Waals surface area (Å²) in [5.41, 5.74) is -1.43. The molecule has 0 aromatic rings. The summed E-state index contributed by atoms with van der Waals surface area (Å²) in [6.07, 6.45) is -0.305. The molecule has 4 nitrogen and oxygen atoms in total. The summed E-state index contributed by atoms with van der Waals surface area (Å²) >= 11 is 0. The summed E-state index contributed by atoms with van der Waals surface area (Å²) in [5, 5.41) is 18.5. The zero-order chi connectivity index (χ0) is 10.5. The maximum atomic E-state index is 11.0. The number of rotatable bonds is 6. The van der Waals surface area contributed by atoms with Gasteiger partial charge in [-0.3, -0.25) is 0 Å². The van der Waals surface area contributed by atoms with Gasteiger partial charge in [-0.15, -0.1) is 0 Å². The summed E-state index contributed by atoms with van der Waals surface area (Å²) in [6.45, 7) is 5.44. The van der Waals surface area contributed by atoms with Crippen molar-refractivity contribution in [3.05, 3.63) is 0 Å². The van der Waals surface area contributed by atoms with Crippen molar-refractivity contribution in [2.75, 3.05) is 6.61 Å². The van der Waals surface area contributed by atoms with E-state index in [9.17, 15) is 9.90 Å². The smallest absolute Gasteiger partial charge is 0.338 e. The van der Waals surface area contributed by atoms with Gasteiger partial charge in [0.15, 0.2) is 5.60 Å². The van der Waals surface area contributed by atoms with E-state index in [0.29, 0.717) is 6.42 Å². The highest BCUT2D eigenvalue weighted by Gasteiger charge is 2.43. The molecule has 2 atom stereocenters. The molecule has 0 aliphatic heterocycles. The fraction of sp³-hybridized carbons (Fsp3) is 0.889. The third kappa shape index (κ3) is 2.42. The first-order chi connectivity index (χ1) is 6.05. The van der Waals surface area contributed by atoms with E-state index in [1.165, 1.54) is 0 Å². The Labute approximate surface area is 78.5 Å². The van der Waals surface area contributed by atoms with Crippen molar-refractivity contribution < 1.29 is 19.7 Å². The highest BCUT2D eigenvalue weighted by molar-refractivity contribution is 5.78. The molecule has 0 aliphatic carbocycles. The highest BCUT2D eigenvalue weighted by Crippen LogP contribution is 2.23. The number of aliphatic hydroxyl groups excluding tert-OH is 1. The number of aliphatic hydroxyl groups is 1. The zero-order valence-corrected chi connectivity index (χ0v) is 8.41. The number of aliphatic carboxylic acids is 1. The Kier molecular flexibility index (Phi) is 4.95. The van der Waals surface area contributed by atoms with E-state index < -0.39 is 17.7 Å². The van der Waals surface area contributed by atoms with Crippen LogP contribution in [0.15, 0.2) is 0 Å². The second-order valence-electron chi connectivity index (χ2n) is 2.91. The van der Waals surface area contributed by atoms with E-state index in [2.05, 4.69) is 0 Å². The molecule has 0 aromatic heterocycles. The molecule has 0 heterocycles. The fourth-order valence-electron chi connectivity index (χ4n) is 1.38. The molecule has 0 aromatic carbocycles. The van der Waals surface area contributed by atoms with Gasteiger partial charge in [-0.1, -0.05) is 13.8 Å². The number of hydrogen-bond donors (Lipinski definition) is 2. The lowest BCUT2D eigenvalue weighted by molar-refractivity contribution is -0.183. The monoisotopic (exact) mass is 190 g/mol. The first-order valence-corrected chi connectivity index (χ1v) is 4.60. The van der Waals surface area contributed by atoms with Crippen LogP contribution in [0.5, 0.6) is 0 Å². The van der Waals surface area contributed by atoms with E-state index in [1.807, 2.05) is 0 Å². The van der Waals surface area contributed by atoms with Gasteiger partial charge in [0.2, 0.25) is 0 Å². The van der Waals surface area contributed by atoms with Crippen LogP contribution in [0.1, 0.15) is 33.6 Å². The van der Waals surface area contributed by atoms with Crippen LogP contribution in [0, 0.1) is 0 Å². The van der Waals surface area contributed by atoms with Gasteiger partial charge in [-0.05, 0) is 19.8 Å². The van der Waals surface area contributed by atoms with Gasteiger partial charge >= 0.3 is 5.97 Å². The maximum absolute atomic E-state index is 11.0. The van der Waals surface area contributed by atoms with E-state index in [4.69, 9.17) is 9.84 Å². The van der Waals surface area contributed by atoms with Gasteiger partial charge in [0.05, 0.1) is 6.10 Å². The van der Waals surface area contributed by atoms with Crippen molar-refractivity contribution in [3.63, 3.8) is 0 Å².